The average molecular weight is 251 g/mol. The van der Waals surface area contributed by atoms with Crippen LogP contribution >= 0.6 is 0 Å². The summed E-state index contributed by atoms with van der Waals surface area (Å²) in [6.45, 7) is 3.40. The van der Waals surface area contributed by atoms with Crippen LogP contribution in [-0.2, 0) is 0 Å². The second kappa shape index (κ2) is 8.06. The van der Waals surface area contributed by atoms with E-state index in [1.807, 2.05) is 19.3 Å². The van der Waals surface area contributed by atoms with Crippen LogP contribution in [-0.4, -0.2) is 37.3 Å². The lowest BCUT2D eigenvalue weighted by Crippen LogP contribution is -2.20. The van der Waals surface area contributed by atoms with Gasteiger partial charge in [-0.3, -0.25) is 0 Å². The number of rotatable bonds is 8. The van der Waals surface area contributed by atoms with Gasteiger partial charge in [-0.2, -0.15) is 0 Å². The van der Waals surface area contributed by atoms with E-state index in [-0.39, 0.29) is 6.61 Å². The molecule has 0 fully saturated rings. The minimum atomic E-state index is 0.289. The Morgan fingerprint density at radius 3 is 2.83 bits per heavy atom. The molecule has 1 rings (SSSR count). The van der Waals surface area contributed by atoms with Gasteiger partial charge in [0, 0.05) is 32.4 Å². The van der Waals surface area contributed by atoms with E-state index in [0.29, 0.717) is 6.04 Å². The van der Waals surface area contributed by atoms with Gasteiger partial charge in [-0.1, -0.05) is 0 Å². The third kappa shape index (κ3) is 4.63. The third-order valence-electron chi connectivity index (χ3n) is 3.25. The molecule has 0 saturated heterocycles. The molecule has 2 N–H and O–H groups in total. The normalized spacial score (nSPS) is 12.4. The molecule has 18 heavy (non-hydrogen) atoms. The molecule has 1 unspecified atom stereocenters. The summed E-state index contributed by atoms with van der Waals surface area (Å²) in [5, 5.41) is 12.0. The quantitative estimate of drug-likeness (QED) is 0.693. The summed E-state index contributed by atoms with van der Waals surface area (Å²) in [4.78, 5) is 6.57. The minimum absolute atomic E-state index is 0.289. The van der Waals surface area contributed by atoms with E-state index >= 15 is 0 Å². The number of hydrogen-bond acceptors (Lipinski definition) is 4. The van der Waals surface area contributed by atoms with Crippen molar-refractivity contribution in [2.24, 2.45) is 0 Å². The smallest absolute Gasteiger partial charge is 0.128 e. The lowest BCUT2D eigenvalue weighted by molar-refractivity contribution is 0.283. The molecule has 1 aromatic heterocycles. The van der Waals surface area contributed by atoms with Gasteiger partial charge < -0.3 is 15.3 Å². The molecule has 0 aliphatic carbocycles. The van der Waals surface area contributed by atoms with E-state index < -0.39 is 0 Å². The van der Waals surface area contributed by atoms with E-state index in [0.717, 1.165) is 31.6 Å². The molecule has 0 bridgehead atoms. The summed E-state index contributed by atoms with van der Waals surface area (Å²) in [7, 11) is 4.03. The monoisotopic (exact) mass is 251 g/mol. The predicted octanol–water partition coefficient (Wildman–Crippen LogP) is 1.96. The van der Waals surface area contributed by atoms with E-state index in [4.69, 9.17) is 5.11 Å². The van der Waals surface area contributed by atoms with Gasteiger partial charge >= 0.3 is 0 Å². The van der Waals surface area contributed by atoms with E-state index in [9.17, 15) is 0 Å². The second-order valence-corrected chi connectivity index (χ2v) is 4.66. The summed E-state index contributed by atoms with van der Waals surface area (Å²) in [5.74, 6) is 1.01. The standard InChI is InChI=1S/C14H25N3O/c1-12(15-2)13-7-8-16-14(11-13)17(3)9-5-4-6-10-18/h7-8,11-12,15,18H,4-6,9-10H2,1-3H3. The van der Waals surface area contributed by atoms with Crippen molar-refractivity contribution >= 4 is 5.82 Å². The number of nitrogens with one attached hydrogen (secondary N) is 1. The number of anilines is 1. The Kier molecular flexibility index (Phi) is 6.68. The number of nitrogens with zero attached hydrogens (tertiary/aromatic N) is 2. The van der Waals surface area contributed by atoms with Gasteiger partial charge in [0.2, 0.25) is 0 Å². The molecule has 0 radical (unpaired) electrons. The Hall–Kier alpha value is -1.13. The molecule has 1 heterocycles. The first-order valence-corrected chi connectivity index (χ1v) is 6.64. The van der Waals surface area contributed by atoms with E-state index in [1.165, 1.54) is 5.56 Å². The predicted molar refractivity (Wildman–Crippen MR) is 75.9 cm³/mol. The molecule has 0 spiro atoms. The Balaban J connectivity index is 2.54. The minimum Gasteiger partial charge on any atom is -0.396 e. The zero-order chi connectivity index (χ0) is 13.4. The maximum atomic E-state index is 8.74. The number of pyridine rings is 1. The maximum Gasteiger partial charge on any atom is 0.128 e. The van der Waals surface area contributed by atoms with E-state index in [1.54, 1.807) is 0 Å². The van der Waals surface area contributed by atoms with Crippen molar-refractivity contribution in [1.82, 2.24) is 10.3 Å². The highest BCUT2D eigenvalue weighted by molar-refractivity contribution is 5.40. The maximum absolute atomic E-state index is 8.74. The molecule has 0 saturated carbocycles. The van der Waals surface area contributed by atoms with Crippen molar-refractivity contribution in [1.29, 1.82) is 0 Å². The highest BCUT2D eigenvalue weighted by atomic mass is 16.2. The van der Waals surface area contributed by atoms with Gasteiger partial charge in [-0.05, 0) is 50.9 Å². The van der Waals surface area contributed by atoms with Crippen LogP contribution in [0.1, 0.15) is 37.8 Å². The summed E-state index contributed by atoms with van der Waals surface area (Å²) < 4.78 is 0. The first-order chi connectivity index (χ1) is 8.69. The molecular formula is C14H25N3O. The highest BCUT2D eigenvalue weighted by Crippen LogP contribution is 2.17. The van der Waals surface area contributed by atoms with Crippen molar-refractivity contribution < 1.29 is 5.11 Å². The number of unbranched alkanes of at least 4 members (excludes halogenated alkanes) is 2. The largest absolute Gasteiger partial charge is 0.396 e. The fourth-order valence-corrected chi connectivity index (χ4v) is 1.83. The van der Waals surface area contributed by atoms with Crippen LogP contribution in [0.15, 0.2) is 18.3 Å². The molecule has 1 aromatic rings. The fraction of sp³-hybridized carbons (Fsp3) is 0.643. The number of aliphatic hydroxyl groups is 1. The average Bonchev–Trinajstić information content (AvgIpc) is 2.42. The number of hydrogen-bond donors (Lipinski definition) is 2. The van der Waals surface area contributed by atoms with Crippen LogP contribution in [0, 0.1) is 0 Å². The lowest BCUT2D eigenvalue weighted by Gasteiger charge is -2.20. The summed E-state index contributed by atoms with van der Waals surface area (Å²) in [5.41, 5.74) is 1.25. The third-order valence-corrected chi connectivity index (χ3v) is 3.25. The van der Waals surface area contributed by atoms with Crippen molar-refractivity contribution in [2.75, 3.05) is 32.1 Å². The summed E-state index contributed by atoms with van der Waals surface area (Å²) in [6.07, 6.45) is 4.90. The van der Waals surface area contributed by atoms with E-state index in [2.05, 4.69) is 35.2 Å². The molecule has 0 aliphatic heterocycles. The second-order valence-electron chi connectivity index (χ2n) is 4.66. The molecule has 0 aliphatic rings. The Labute approximate surface area is 110 Å². The van der Waals surface area contributed by atoms with Crippen molar-refractivity contribution in [3.63, 3.8) is 0 Å². The number of aliphatic hydroxyl groups excluding tert-OH is 1. The van der Waals surface area contributed by atoms with Gasteiger partial charge in [0.25, 0.3) is 0 Å². The van der Waals surface area contributed by atoms with Crippen molar-refractivity contribution in [3.8, 4) is 0 Å². The Morgan fingerprint density at radius 1 is 1.39 bits per heavy atom. The van der Waals surface area contributed by atoms with Gasteiger partial charge in [0.15, 0.2) is 0 Å². The van der Waals surface area contributed by atoms with Gasteiger partial charge in [-0.15, -0.1) is 0 Å². The first kappa shape index (κ1) is 14.9. The number of aromatic nitrogens is 1. The van der Waals surface area contributed by atoms with Crippen molar-refractivity contribution in [2.45, 2.75) is 32.2 Å². The van der Waals surface area contributed by atoms with Crippen LogP contribution in [0.2, 0.25) is 0 Å². The zero-order valence-electron chi connectivity index (χ0n) is 11.7. The first-order valence-electron chi connectivity index (χ1n) is 6.64. The molecule has 4 nitrogen and oxygen atoms in total. The molecule has 1 atom stereocenters. The summed E-state index contributed by atoms with van der Waals surface area (Å²) in [6, 6.07) is 4.52. The van der Waals surface area contributed by atoms with Crippen LogP contribution < -0.4 is 10.2 Å². The van der Waals surface area contributed by atoms with Crippen LogP contribution in [0.3, 0.4) is 0 Å². The van der Waals surface area contributed by atoms with Crippen LogP contribution in [0.25, 0.3) is 0 Å². The van der Waals surface area contributed by atoms with Crippen molar-refractivity contribution in [3.05, 3.63) is 23.9 Å². The van der Waals surface area contributed by atoms with Gasteiger partial charge in [-0.25, -0.2) is 4.98 Å². The Bertz CT molecular complexity index is 344. The van der Waals surface area contributed by atoms with Crippen LogP contribution in [0.5, 0.6) is 0 Å². The topological polar surface area (TPSA) is 48.4 Å². The van der Waals surface area contributed by atoms with Gasteiger partial charge in [0.05, 0.1) is 0 Å². The molecule has 102 valence electrons. The molecular weight excluding hydrogens is 226 g/mol. The SMILES string of the molecule is CNC(C)c1ccnc(N(C)CCCCCO)c1. The zero-order valence-corrected chi connectivity index (χ0v) is 11.7. The van der Waals surface area contributed by atoms with Crippen LogP contribution in [0.4, 0.5) is 5.82 Å². The Morgan fingerprint density at radius 2 is 2.17 bits per heavy atom. The molecule has 4 heteroatoms. The highest BCUT2D eigenvalue weighted by Gasteiger charge is 2.06. The molecule has 0 amide bonds. The summed E-state index contributed by atoms with van der Waals surface area (Å²) >= 11 is 0. The molecule has 0 aromatic carbocycles. The lowest BCUT2D eigenvalue weighted by atomic mass is 10.1. The fourth-order valence-electron chi connectivity index (χ4n) is 1.83. The van der Waals surface area contributed by atoms with Gasteiger partial charge in [0.1, 0.15) is 5.82 Å².